The van der Waals surface area contributed by atoms with Gasteiger partial charge in [-0.2, -0.15) is 0 Å². The molecule has 2 atom stereocenters. The Balaban J connectivity index is 1.44. The molecule has 0 aliphatic carbocycles. The molecule has 0 spiro atoms. The monoisotopic (exact) mass is 597 g/mol. The number of carbonyl (C=O) groups excluding carboxylic acids is 2. The van der Waals surface area contributed by atoms with Crippen molar-refractivity contribution in [2.75, 3.05) is 38.1 Å². The fourth-order valence-electron chi connectivity index (χ4n) is 5.27. The lowest BCUT2D eigenvalue weighted by Gasteiger charge is -2.35. The quantitative estimate of drug-likeness (QED) is 0.337. The summed E-state index contributed by atoms with van der Waals surface area (Å²) in [5.74, 6) is -0.608. The molecule has 204 valence electrons. The number of fused-ring (bicyclic) bond motifs is 1. The fraction of sp³-hybridized carbons (Fsp3) is 0.370. The Kier molecular flexibility index (Phi) is 7.67. The van der Waals surface area contributed by atoms with Crippen molar-refractivity contribution in [2.24, 2.45) is 0 Å². The number of nitro groups is 1. The van der Waals surface area contributed by atoms with E-state index in [1.165, 1.54) is 12.1 Å². The third kappa shape index (κ3) is 5.66. The Morgan fingerprint density at radius 2 is 1.85 bits per heavy atom. The van der Waals surface area contributed by atoms with Gasteiger partial charge in [-0.05, 0) is 31.9 Å². The summed E-state index contributed by atoms with van der Waals surface area (Å²) < 4.78 is 5.97. The summed E-state index contributed by atoms with van der Waals surface area (Å²) in [6.07, 6.45) is 1.16. The molecule has 0 bridgehead atoms. The van der Waals surface area contributed by atoms with Crippen LogP contribution in [0.2, 0.25) is 0 Å². The van der Waals surface area contributed by atoms with E-state index in [1.54, 1.807) is 40.1 Å². The number of pyridine rings is 1. The van der Waals surface area contributed by atoms with E-state index < -0.39 is 4.92 Å². The molecular formula is C27H28BrN5O6. The predicted molar refractivity (Wildman–Crippen MR) is 149 cm³/mol. The number of aromatic nitrogens is 1. The SMILES string of the molecule is C[C@@H]1CN(C(=O)c2cc(Br)cc([N+](=O)[O-])c2N[C@@H]2CCCN(C(=O)c3cc(=O)[nH]c4ccccc34)C2)CCO1. The molecule has 0 unspecified atom stereocenters. The van der Waals surface area contributed by atoms with E-state index in [1.807, 2.05) is 6.92 Å². The fourth-order valence-corrected chi connectivity index (χ4v) is 5.71. The number of likely N-dealkylation sites (tertiary alicyclic amines) is 1. The minimum Gasteiger partial charge on any atom is -0.375 e. The summed E-state index contributed by atoms with van der Waals surface area (Å²) in [7, 11) is 0. The van der Waals surface area contributed by atoms with Gasteiger partial charge in [0.25, 0.3) is 17.5 Å². The molecule has 2 saturated heterocycles. The van der Waals surface area contributed by atoms with Crippen molar-refractivity contribution in [3.8, 4) is 0 Å². The minimum absolute atomic E-state index is 0.133. The molecule has 0 radical (unpaired) electrons. The first-order valence-electron chi connectivity index (χ1n) is 12.8. The number of anilines is 1. The van der Waals surface area contributed by atoms with Crippen molar-refractivity contribution in [1.82, 2.24) is 14.8 Å². The van der Waals surface area contributed by atoms with Gasteiger partial charge in [0.15, 0.2) is 0 Å². The number of ether oxygens (including phenoxy) is 1. The molecule has 5 rings (SSSR count). The molecule has 2 N–H and O–H groups in total. The second-order valence-electron chi connectivity index (χ2n) is 9.86. The highest BCUT2D eigenvalue weighted by molar-refractivity contribution is 9.10. The number of nitrogens with one attached hydrogen (secondary N) is 2. The Morgan fingerprint density at radius 1 is 1.10 bits per heavy atom. The summed E-state index contributed by atoms with van der Waals surface area (Å²) in [6, 6.07) is 11.0. The summed E-state index contributed by atoms with van der Waals surface area (Å²) in [5.41, 5.74) is 0.614. The highest BCUT2D eigenvalue weighted by Crippen LogP contribution is 2.35. The standard InChI is InChI=1S/C27H28BrN5O6/c1-16-14-32(9-10-39-16)27(36)21-11-17(28)12-23(33(37)38)25(21)29-18-5-4-8-31(15-18)26(35)20-13-24(34)30-22-7-3-2-6-19(20)22/h2-3,6-7,11-13,16,18,29H,4-5,8-10,14-15H2,1H3,(H,30,34)/t16-,18-/m1/s1. The van der Waals surface area contributed by atoms with Crippen LogP contribution in [0.25, 0.3) is 10.9 Å². The molecule has 1 aromatic heterocycles. The van der Waals surface area contributed by atoms with Gasteiger partial charge in [0.2, 0.25) is 5.56 Å². The lowest BCUT2D eigenvalue weighted by atomic mass is 10.0. The minimum atomic E-state index is -0.514. The van der Waals surface area contributed by atoms with Crippen LogP contribution in [0.15, 0.2) is 51.7 Å². The molecular weight excluding hydrogens is 570 g/mol. The maximum absolute atomic E-state index is 13.6. The third-order valence-corrected chi connectivity index (χ3v) is 7.53. The smallest absolute Gasteiger partial charge is 0.294 e. The number of amides is 2. The molecule has 2 aliphatic heterocycles. The van der Waals surface area contributed by atoms with Gasteiger partial charge in [0, 0.05) is 59.7 Å². The molecule has 2 aromatic carbocycles. The maximum atomic E-state index is 13.6. The van der Waals surface area contributed by atoms with Crippen molar-refractivity contribution in [3.63, 3.8) is 0 Å². The molecule has 3 aromatic rings. The predicted octanol–water partition coefficient (Wildman–Crippen LogP) is 3.78. The first-order valence-corrected chi connectivity index (χ1v) is 13.6. The van der Waals surface area contributed by atoms with E-state index in [2.05, 4.69) is 26.2 Å². The molecule has 11 nitrogen and oxygen atoms in total. The number of morpholine rings is 1. The number of nitrogens with zero attached hydrogens (tertiary/aromatic N) is 3. The molecule has 2 aliphatic rings. The first-order chi connectivity index (χ1) is 18.7. The van der Waals surface area contributed by atoms with Gasteiger partial charge in [-0.1, -0.05) is 34.1 Å². The van der Waals surface area contributed by atoms with Crippen LogP contribution in [0.1, 0.15) is 40.5 Å². The number of hydrogen-bond acceptors (Lipinski definition) is 7. The van der Waals surface area contributed by atoms with Crippen LogP contribution in [0, 0.1) is 10.1 Å². The van der Waals surface area contributed by atoms with Crippen LogP contribution in [-0.2, 0) is 4.74 Å². The van der Waals surface area contributed by atoms with E-state index in [9.17, 15) is 24.5 Å². The van der Waals surface area contributed by atoms with Crippen molar-refractivity contribution in [1.29, 1.82) is 0 Å². The third-order valence-electron chi connectivity index (χ3n) is 7.08. The van der Waals surface area contributed by atoms with Gasteiger partial charge >= 0.3 is 0 Å². The molecule has 2 fully saturated rings. The van der Waals surface area contributed by atoms with Gasteiger partial charge < -0.3 is 24.8 Å². The lowest BCUT2D eigenvalue weighted by Crippen LogP contribution is -2.46. The Hall–Kier alpha value is -3.77. The average Bonchev–Trinajstić information content (AvgIpc) is 2.92. The number of nitro benzene ring substituents is 1. The summed E-state index contributed by atoms with van der Waals surface area (Å²) in [5, 5.41) is 15.9. The number of aromatic amines is 1. The summed E-state index contributed by atoms with van der Waals surface area (Å²) >= 11 is 3.32. The number of rotatable bonds is 5. The highest BCUT2D eigenvalue weighted by atomic mass is 79.9. The number of benzene rings is 2. The van der Waals surface area contributed by atoms with Crippen molar-refractivity contribution < 1.29 is 19.2 Å². The van der Waals surface area contributed by atoms with Gasteiger partial charge in [-0.25, -0.2) is 0 Å². The van der Waals surface area contributed by atoms with Crippen molar-refractivity contribution in [2.45, 2.75) is 31.9 Å². The van der Waals surface area contributed by atoms with Gasteiger partial charge in [0.1, 0.15) is 5.69 Å². The first kappa shape index (κ1) is 26.8. The zero-order chi connectivity index (χ0) is 27.7. The van der Waals surface area contributed by atoms with Crippen LogP contribution in [0.4, 0.5) is 11.4 Å². The van der Waals surface area contributed by atoms with Crippen LogP contribution in [-0.4, -0.2) is 76.5 Å². The number of carbonyl (C=O) groups is 2. The highest BCUT2D eigenvalue weighted by Gasteiger charge is 2.32. The lowest BCUT2D eigenvalue weighted by molar-refractivity contribution is -0.384. The normalized spacial score (nSPS) is 19.6. The van der Waals surface area contributed by atoms with E-state index >= 15 is 0 Å². The Morgan fingerprint density at radius 3 is 2.62 bits per heavy atom. The Labute approximate surface area is 232 Å². The second-order valence-corrected chi connectivity index (χ2v) is 10.8. The van der Waals surface area contributed by atoms with Gasteiger partial charge in [-0.15, -0.1) is 0 Å². The zero-order valence-corrected chi connectivity index (χ0v) is 22.9. The largest absolute Gasteiger partial charge is 0.375 e. The molecule has 3 heterocycles. The molecule has 39 heavy (non-hydrogen) atoms. The van der Waals surface area contributed by atoms with Crippen molar-refractivity contribution >= 4 is 50.0 Å². The van der Waals surface area contributed by atoms with Crippen molar-refractivity contribution in [3.05, 3.63) is 78.5 Å². The maximum Gasteiger partial charge on any atom is 0.294 e. The number of piperidine rings is 1. The summed E-state index contributed by atoms with van der Waals surface area (Å²) in [4.78, 5) is 56.9. The Bertz CT molecular complexity index is 1510. The van der Waals surface area contributed by atoms with Crippen LogP contribution in [0.3, 0.4) is 0 Å². The number of hydrogen-bond donors (Lipinski definition) is 2. The number of para-hydroxylation sites is 1. The van der Waals surface area contributed by atoms with Crippen LogP contribution >= 0.6 is 15.9 Å². The average molecular weight is 598 g/mol. The van der Waals surface area contributed by atoms with E-state index in [0.29, 0.717) is 60.0 Å². The topological polar surface area (TPSA) is 138 Å². The van der Waals surface area contributed by atoms with Gasteiger partial charge in [0.05, 0.1) is 28.8 Å². The van der Waals surface area contributed by atoms with E-state index in [0.717, 1.165) is 0 Å². The molecule has 0 saturated carbocycles. The van der Waals surface area contributed by atoms with Crippen LogP contribution in [0.5, 0.6) is 0 Å². The van der Waals surface area contributed by atoms with Gasteiger partial charge in [-0.3, -0.25) is 24.5 Å². The molecule has 12 heteroatoms. The number of halogens is 1. The molecule has 2 amide bonds. The zero-order valence-electron chi connectivity index (χ0n) is 21.3. The summed E-state index contributed by atoms with van der Waals surface area (Å²) in [6.45, 7) is 3.78. The number of H-pyrrole nitrogens is 1. The van der Waals surface area contributed by atoms with E-state index in [-0.39, 0.29) is 53.0 Å². The van der Waals surface area contributed by atoms with E-state index in [4.69, 9.17) is 4.74 Å². The second kappa shape index (κ2) is 11.1. The van der Waals surface area contributed by atoms with Crippen LogP contribution < -0.4 is 10.9 Å².